The van der Waals surface area contributed by atoms with Crippen LogP contribution in [0.1, 0.15) is 67.7 Å². The van der Waals surface area contributed by atoms with Crippen molar-refractivity contribution in [1.29, 1.82) is 0 Å². The van der Waals surface area contributed by atoms with Gasteiger partial charge < -0.3 is 20.0 Å². The molecule has 0 bridgehead atoms. The van der Waals surface area contributed by atoms with E-state index in [0.29, 0.717) is 0 Å². The molecule has 0 radical (unpaired) electrons. The normalized spacial score (nSPS) is 21.2. The number of likely N-dealkylation sites (tertiary alicyclic amines) is 1. The molecule has 4 heterocycles. The Morgan fingerprint density at radius 3 is 2.67 bits per heavy atom. The van der Waals surface area contributed by atoms with Gasteiger partial charge in [-0.05, 0) is 57.2 Å². The number of piperidine rings is 1. The number of nitrogens with one attached hydrogen (secondary N) is 1. The fourth-order valence-corrected chi connectivity index (χ4v) is 5.56. The average molecular weight is 449 g/mol. The monoisotopic (exact) mass is 448 g/mol. The lowest BCUT2D eigenvalue weighted by atomic mass is 10.00. The van der Waals surface area contributed by atoms with Crippen LogP contribution in [0.4, 0.5) is 11.5 Å². The van der Waals surface area contributed by atoms with Crippen molar-refractivity contribution in [1.82, 2.24) is 19.8 Å². The molecule has 3 aliphatic heterocycles. The first kappa shape index (κ1) is 22.1. The van der Waals surface area contributed by atoms with Crippen LogP contribution in [-0.2, 0) is 24.3 Å². The molecule has 0 unspecified atom stereocenters. The van der Waals surface area contributed by atoms with Crippen LogP contribution in [0.5, 0.6) is 0 Å². The lowest BCUT2D eigenvalue weighted by molar-refractivity contribution is -0.132. The number of carbonyl (C=O) groups excluding carboxylic acids is 1. The van der Waals surface area contributed by atoms with Crippen LogP contribution in [0, 0.1) is 0 Å². The van der Waals surface area contributed by atoms with E-state index in [4.69, 9.17) is 9.97 Å². The second-order valence-electron chi connectivity index (χ2n) is 9.74. The number of hydrogen-bond donors (Lipinski definition) is 1. The molecular formula is C26H36N6O. The summed E-state index contributed by atoms with van der Waals surface area (Å²) in [4.78, 5) is 29.2. The number of fused-ring (bicyclic) bond motifs is 1. The highest BCUT2D eigenvalue weighted by Gasteiger charge is 2.30. The van der Waals surface area contributed by atoms with Crippen LogP contribution in [0.2, 0.25) is 0 Å². The molecule has 7 nitrogen and oxygen atoms in total. The van der Waals surface area contributed by atoms with Gasteiger partial charge in [0, 0.05) is 57.4 Å². The molecule has 7 heteroatoms. The molecule has 0 saturated carbocycles. The van der Waals surface area contributed by atoms with Crippen molar-refractivity contribution in [3.63, 3.8) is 0 Å². The van der Waals surface area contributed by atoms with Crippen molar-refractivity contribution in [3.8, 4) is 0 Å². The summed E-state index contributed by atoms with van der Waals surface area (Å²) >= 11 is 0. The minimum Gasteiger partial charge on any atom is -0.371 e. The number of amides is 1. The molecule has 3 aliphatic rings. The lowest BCUT2D eigenvalue weighted by Gasteiger charge is -2.35. The molecule has 0 spiro atoms. The standard InChI is InChI=1S/C26H36N6O/c1-19(33)32-15-6-5-11-24(32)26-28-22-18-30(2)16-12-21(22)25(29-26)27-17-20-9-3-4-10-23(20)31-13-7-8-14-31/h3-4,9-10,24H,5-8,11-18H2,1-2H3,(H,27,28,29)/t24-/m1/s1. The zero-order valence-corrected chi connectivity index (χ0v) is 20.0. The van der Waals surface area contributed by atoms with Gasteiger partial charge in [0.1, 0.15) is 5.82 Å². The second-order valence-corrected chi connectivity index (χ2v) is 9.74. The van der Waals surface area contributed by atoms with Crippen LogP contribution in [0.3, 0.4) is 0 Å². The van der Waals surface area contributed by atoms with Crippen molar-refractivity contribution in [2.24, 2.45) is 0 Å². The Balaban J connectivity index is 1.45. The smallest absolute Gasteiger partial charge is 0.220 e. The Hall–Kier alpha value is -2.67. The van der Waals surface area contributed by atoms with Crippen molar-refractivity contribution < 1.29 is 4.79 Å². The molecule has 0 aliphatic carbocycles. The van der Waals surface area contributed by atoms with E-state index < -0.39 is 0 Å². The average Bonchev–Trinajstić information content (AvgIpc) is 3.37. The Morgan fingerprint density at radius 2 is 1.85 bits per heavy atom. The van der Waals surface area contributed by atoms with E-state index in [1.54, 1.807) is 6.92 Å². The number of anilines is 2. The summed E-state index contributed by atoms with van der Waals surface area (Å²) in [5.74, 6) is 1.87. The Morgan fingerprint density at radius 1 is 1.06 bits per heavy atom. The summed E-state index contributed by atoms with van der Waals surface area (Å²) in [6.07, 6.45) is 6.59. The maximum absolute atomic E-state index is 12.3. The summed E-state index contributed by atoms with van der Waals surface area (Å²) in [7, 11) is 2.15. The van der Waals surface area contributed by atoms with Gasteiger partial charge in [-0.3, -0.25) is 4.79 Å². The molecule has 1 N–H and O–H groups in total. The van der Waals surface area contributed by atoms with Gasteiger partial charge >= 0.3 is 0 Å². The van der Waals surface area contributed by atoms with E-state index in [1.165, 1.54) is 29.7 Å². The third-order valence-electron chi connectivity index (χ3n) is 7.36. The first-order chi connectivity index (χ1) is 16.1. The highest BCUT2D eigenvalue weighted by molar-refractivity contribution is 5.73. The first-order valence-electron chi connectivity index (χ1n) is 12.5. The molecule has 1 amide bonds. The van der Waals surface area contributed by atoms with Crippen molar-refractivity contribution >= 4 is 17.4 Å². The Labute approximate surface area is 197 Å². The van der Waals surface area contributed by atoms with Crippen molar-refractivity contribution in [2.75, 3.05) is 43.4 Å². The van der Waals surface area contributed by atoms with Crippen molar-refractivity contribution in [3.05, 3.63) is 46.9 Å². The lowest BCUT2D eigenvalue weighted by Crippen LogP contribution is -2.38. The molecular weight excluding hydrogens is 412 g/mol. The van der Waals surface area contributed by atoms with Gasteiger partial charge in [-0.1, -0.05) is 18.2 Å². The molecule has 1 aromatic carbocycles. The van der Waals surface area contributed by atoms with Gasteiger partial charge in [-0.25, -0.2) is 9.97 Å². The number of hydrogen-bond acceptors (Lipinski definition) is 6. The zero-order chi connectivity index (χ0) is 22.8. The van der Waals surface area contributed by atoms with Crippen LogP contribution >= 0.6 is 0 Å². The van der Waals surface area contributed by atoms with E-state index in [1.807, 2.05) is 4.90 Å². The predicted molar refractivity (Wildman–Crippen MR) is 131 cm³/mol. The highest BCUT2D eigenvalue weighted by Crippen LogP contribution is 2.33. The number of benzene rings is 1. The fourth-order valence-electron chi connectivity index (χ4n) is 5.56. The van der Waals surface area contributed by atoms with Crippen LogP contribution in [-0.4, -0.2) is 58.9 Å². The van der Waals surface area contributed by atoms with Gasteiger partial charge in [-0.15, -0.1) is 0 Å². The third-order valence-corrected chi connectivity index (χ3v) is 7.36. The number of aromatic nitrogens is 2. The topological polar surface area (TPSA) is 64.6 Å². The van der Waals surface area contributed by atoms with Gasteiger partial charge in [0.05, 0.1) is 11.7 Å². The van der Waals surface area contributed by atoms with Gasteiger partial charge in [0.15, 0.2) is 5.82 Å². The first-order valence-corrected chi connectivity index (χ1v) is 12.5. The summed E-state index contributed by atoms with van der Waals surface area (Å²) in [6, 6.07) is 8.70. The van der Waals surface area contributed by atoms with E-state index in [-0.39, 0.29) is 11.9 Å². The SMILES string of the molecule is CC(=O)N1CCCC[C@@H]1c1nc2c(c(NCc3ccccc3N3CCCC3)n1)CCN(C)C2. The number of para-hydroxylation sites is 1. The molecule has 176 valence electrons. The Bertz CT molecular complexity index is 1000. The summed E-state index contributed by atoms with van der Waals surface area (Å²) in [6.45, 7) is 7.32. The molecule has 1 atom stereocenters. The largest absolute Gasteiger partial charge is 0.371 e. The molecule has 2 fully saturated rings. The number of nitrogens with zero attached hydrogens (tertiary/aromatic N) is 5. The minimum atomic E-state index is -0.0220. The van der Waals surface area contributed by atoms with Crippen LogP contribution in [0.15, 0.2) is 24.3 Å². The van der Waals surface area contributed by atoms with Crippen LogP contribution in [0.25, 0.3) is 0 Å². The molecule has 5 rings (SSSR count). The van der Waals surface area contributed by atoms with Crippen LogP contribution < -0.4 is 10.2 Å². The summed E-state index contributed by atoms with van der Waals surface area (Å²) in [5, 5.41) is 3.69. The number of carbonyl (C=O) groups is 1. The molecule has 33 heavy (non-hydrogen) atoms. The van der Waals surface area contributed by atoms with E-state index in [0.717, 1.165) is 82.3 Å². The number of rotatable bonds is 5. The predicted octanol–water partition coefficient (Wildman–Crippen LogP) is 3.75. The zero-order valence-electron chi connectivity index (χ0n) is 20.0. The fraction of sp³-hybridized carbons (Fsp3) is 0.577. The molecule has 2 aromatic rings. The number of likely N-dealkylation sites (N-methyl/N-ethyl adjacent to an activating group) is 1. The summed E-state index contributed by atoms with van der Waals surface area (Å²) < 4.78 is 0. The maximum Gasteiger partial charge on any atom is 0.220 e. The maximum atomic E-state index is 12.3. The third kappa shape index (κ3) is 4.69. The van der Waals surface area contributed by atoms with Gasteiger partial charge in [-0.2, -0.15) is 0 Å². The highest BCUT2D eigenvalue weighted by atomic mass is 16.2. The molecule has 2 saturated heterocycles. The summed E-state index contributed by atoms with van der Waals surface area (Å²) in [5.41, 5.74) is 4.99. The molecule has 1 aromatic heterocycles. The van der Waals surface area contributed by atoms with Gasteiger partial charge in [0.2, 0.25) is 5.91 Å². The van der Waals surface area contributed by atoms with Crippen molar-refractivity contribution in [2.45, 2.75) is 64.6 Å². The second kappa shape index (κ2) is 9.67. The minimum absolute atomic E-state index is 0.0220. The Kier molecular flexibility index (Phi) is 6.49. The quantitative estimate of drug-likeness (QED) is 0.752. The van der Waals surface area contributed by atoms with Gasteiger partial charge in [0.25, 0.3) is 0 Å². The van der Waals surface area contributed by atoms with E-state index in [2.05, 4.69) is 46.4 Å². The van der Waals surface area contributed by atoms with E-state index >= 15 is 0 Å². The van der Waals surface area contributed by atoms with E-state index in [9.17, 15) is 4.79 Å².